The molecule has 0 fully saturated rings. The molecular weight excluding hydrogens is 273 g/mol. The second-order valence-electron chi connectivity index (χ2n) is 5.64. The van der Waals surface area contributed by atoms with E-state index in [0.717, 1.165) is 40.5 Å². The molecule has 2 aromatic rings. The van der Waals surface area contributed by atoms with Crippen LogP contribution in [0.1, 0.15) is 42.4 Å². The van der Waals surface area contributed by atoms with Gasteiger partial charge in [0.1, 0.15) is 10.8 Å². The fourth-order valence-corrected chi connectivity index (χ4v) is 3.66. The fourth-order valence-electron chi connectivity index (χ4n) is 2.65. The SMILES string of the molecule is CC(C)Cc1nnc(NC2CCc3c(F)cccc32)s1. The fraction of sp³-hybridized carbons (Fsp3) is 0.467. The second kappa shape index (κ2) is 5.48. The average molecular weight is 291 g/mol. The van der Waals surface area contributed by atoms with Gasteiger partial charge in [-0.25, -0.2) is 4.39 Å². The first kappa shape index (κ1) is 13.5. The van der Waals surface area contributed by atoms with Crippen LogP contribution in [0.3, 0.4) is 0 Å². The number of hydrogen-bond acceptors (Lipinski definition) is 4. The zero-order valence-electron chi connectivity index (χ0n) is 11.7. The van der Waals surface area contributed by atoms with Crippen molar-refractivity contribution in [2.45, 2.75) is 39.2 Å². The Hall–Kier alpha value is -1.49. The lowest BCUT2D eigenvalue weighted by molar-refractivity contribution is 0.612. The first-order valence-corrected chi connectivity index (χ1v) is 7.81. The summed E-state index contributed by atoms with van der Waals surface area (Å²) in [5.41, 5.74) is 1.91. The number of anilines is 1. The largest absolute Gasteiger partial charge is 0.353 e. The normalized spacial score (nSPS) is 17.5. The highest BCUT2D eigenvalue weighted by Gasteiger charge is 2.25. The molecule has 1 N–H and O–H groups in total. The van der Waals surface area contributed by atoms with Gasteiger partial charge in [-0.1, -0.05) is 37.3 Å². The van der Waals surface area contributed by atoms with Gasteiger partial charge in [0.05, 0.1) is 6.04 Å². The number of benzene rings is 1. The van der Waals surface area contributed by atoms with Crippen LogP contribution in [0.4, 0.5) is 9.52 Å². The molecule has 1 atom stereocenters. The van der Waals surface area contributed by atoms with E-state index >= 15 is 0 Å². The van der Waals surface area contributed by atoms with E-state index in [9.17, 15) is 4.39 Å². The Labute approximate surface area is 122 Å². The molecule has 0 amide bonds. The highest BCUT2D eigenvalue weighted by Crippen LogP contribution is 2.35. The van der Waals surface area contributed by atoms with E-state index in [0.29, 0.717) is 5.92 Å². The van der Waals surface area contributed by atoms with Crippen LogP contribution in [-0.4, -0.2) is 10.2 Å². The van der Waals surface area contributed by atoms with Gasteiger partial charge in [-0.2, -0.15) is 0 Å². The number of fused-ring (bicyclic) bond motifs is 1. The van der Waals surface area contributed by atoms with E-state index < -0.39 is 0 Å². The van der Waals surface area contributed by atoms with E-state index in [-0.39, 0.29) is 11.9 Å². The lowest BCUT2D eigenvalue weighted by Gasteiger charge is -2.12. The summed E-state index contributed by atoms with van der Waals surface area (Å²) in [6.07, 6.45) is 2.65. The minimum absolute atomic E-state index is 0.0930. The van der Waals surface area contributed by atoms with Gasteiger partial charge in [0.25, 0.3) is 0 Å². The Morgan fingerprint density at radius 3 is 3.05 bits per heavy atom. The second-order valence-corrected chi connectivity index (χ2v) is 6.70. The monoisotopic (exact) mass is 291 g/mol. The van der Waals surface area contributed by atoms with Crippen molar-refractivity contribution < 1.29 is 4.39 Å². The smallest absolute Gasteiger partial charge is 0.206 e. The molecule has 1 aromatic carbocycles. The number of nitrogens with zero attached hydrogens (tertiary/aromatic N) is 2. The average Bonchev–Trinajstić information content (AvgIpc) is 2.98. The molecule has 0 bridgehead atoms. The zero-order chi connectivity index (χ0) is 14.1. The van der Waals surface area contributed by atoms with Gasteiger partial charge < -0.3 is 5.32 Å². The van der Waals surface area contributed by atoms with Gasteiger partial charge in [-0.05, 0) is 36.0 Å². The van der Waals surface area contributed by atoms with E-state index in [1.807, 2.05) is 6.07 Å². The quantitative estimate of drug-likeness (QED) is 0.926. The molecule has 3 rings (SSSR count). The number of nitrogens with one attached hydrogen (secondary N) is 1. The van der Waals surface area contributed by atoms with Gasteiger partial charge >= 0.3 is 0 Å². The van der Waals surface area contributed by atoms with Crippen LogP contribution in [0.5, 0.6) is 0 Å². The van der Waals surface area contributed by atoms with Crippen LogP contribution in [0.25, 0.3) is 0 Å². The summed E-state index contributed by atoms with van der Waals surface area (Å²) in [6.45, 7) is 4.34. The highest BCUT2D eigenvalue weighted by molar-refractivity contribution is 7.15. The van der Waals surface area contributed by atoms with E-state index in [2.05, 4.69) is 29.4 Å². The summed E-state index contributed by atoms with van der Waals surface area (Å²) >= 11 is 1.60. The molecule has 1 heterocycles. The maximum Gasteiger partial charge on any atom is 0.206 e. The molecule has 0 aliphatic heterocycles. The third kappa shape index (κ3) is 2.68. The van der Waals surface area contributed by atoms with Crippen LogP contribution < -0.4 is 5.32 Å². The maximum absolute atomic E-state index is 13.7. The van der Waals surface area contributed by atoms with Crippen LogP contribution >= 0.6 is 11.3 Å². The summed E-state index contributed by atoms with van der Waals surface area (Å²) in [5.74, 6) is 0.488. The molecule has 1 aliphatic carbocycles. The Morgan fingerprint density at radius 2 is 2.25 bits per heavy atom. The Morgan fingerprint density at radius 1 is 1.40 bits per heavy atom. The molecule has 0 radical (unpaired) electrons. The summed E-state index contributed by atoms with van der Waals surface area (Å²) in [6, 6.07) is 5.46. The van der Waals surface area contributed by atoms with Gasteiger partial charge in [-0.3, -0.25) is 0 Å². The minimum atomic E-state index is -0.0930. The van der Waals surface area contributed by atoms with Crippen molar-refractivity contribution in [1.82, 2.24) is 10.2 Å². The molecule has 0 saturated carbocycles. The molecule has 106 valence electrons. The Balaban J connectivity index is 1.74. The maximum atomic E-state index is 13.7. The first-order valence-electron chi connectivity index (χ1n) is 6.99. The number of rotatable bonds is 4. The van der Waals surface area contributed by atoms with Crippen LogP contribution in [0.15, 0.2) is 18.2 Å². The van der Waals surface area contributed by atoms with E-state index in [4.69, 9.17) is 0 Å². The molecule has 1 aromatic heterocycles. The van der Waals surface area contributed by atoms with Gasteiger partial charge in [0.15, 0.2) is 0 Å². The lowest BCUT2D eigenvalue weighted by atomic mass is 10.1. The van der Waals surface area contributed by atoms with E-state index in [1.165, 1.54) is 6.07 Å². The summed E-state index contributed by atoms with van der Waals surface area (Å²) in [4.78, 5) is 0. The first-order chi connectivity index (χ1) is 9.63. The van der Waals surface area contributed by atoms with Crippen molar-refractivity contribution in [1.29, 1.82) is 0 Å². The van der Waals surface area contributed by atoms with Gasteiger partial charge in [0, 0.05) is 6.42 Å². The van der Waals surface area contributed by atoms with Gasteiger partial charge in [0.2, 0.25) is 5.13 Å². The Bertz CT molecular complexity index is 609. The van der Waals surface area contributed by atoms with Crippen molar-refractivity contribution in [2.24, 2.45) is 5.92 Å². The molecular formula is C15H18FN3S. The third-order valence-corrected chi connectivity index (χ3v) is 4.44. The third-order valence-electron chi connectivity index (χ3n) is 3.56. The predicted octanol–water partition coefficient (Wildman–Crippen LogP) is 3.98. The number of aromatic nitrogens is 2. The minimum Gasteiger partial charge on any atom is -0.353 e. The molecule has 20 heavy (non-hydrogen) atoms. The molecule has 5 heteroatoms. The van der Waals surface area contributed by atoms with E-state index in [1.54, 1.807) is 17.4 Å². The summed E-state index contributed by atoms with van der Waals surface area (Å²) in [7, 11) is 0. The molecule has 0 saturated heterocycles. The Kier molecular flexibility index (Phi) is 3.70. The van der Waals surface area contributed by atoms with Crippen molar-refractivity contribution in [3.63, 3.8) is 0 Å². The molecule has 1 aliphatic rings. The highest BCUT2D eigenvalue weighted by atomic mass is 32.1. The molecule has 1 unspecified atom stereocenters. The molecule has 0 spiro atoms. The lowest BCUT2D eigenvalue weighted by Crippen LogP contribution is -2.06. The van der Waals surface area contributed by atoms with Crippen molar-refractivity contribution in [2.75, 3.05) is 5.32 Å². The number of hydrogen-bond donors (Lipinski definition) is 1. The van der Waals surface area contributed by atoms with Crippen molar-refractivity contribution in [3.05, 3.63) is 40.2 Å². The topological polar surface area (TPSA) is 37.8 Å². The zero-order valence-corrected chi connectivity index (χ0v) is 12.5. The summed E-state index contributed by atoms with van der Waals surface area (Å²) in [5, 5.41) is 13.7. The van der Waals surface area contributed by atoms with Crippen molar-refractivity contribution >= 4 is 16.5 Å². The molecule has 3 nitrogen and oxygen atoms in total. The van der Waals surface area contributed by atoms with Crippen LogP contribution in [0, 0.1) is 11.7 Å². The van der Waals surface area contributed by atoms with Crippen LogP contribution in [-0.2, 0) is 12.8 Å². The van der Waals surface area contributed by atoms with Gasteiger partial charge in [-0.15, -0.1) is 10.2 Å². The van der Waals surface area contributed by atoms with Crippen molar-refractivity contribution in [3.8, 4) is 0 Å². The predicted molar refractivity (Wildman–Crippen MR) is 79.5 cm³/mol. The van der Waals surface area contributed by atoms with Crippen LogP contribution in [0.2, 0.25) is 0 Å². The number of halogens is 1. The standard InChI is InChI=1S/C15H18FN3S/c1-9(2)8-14-18-19-15(20-14)17-13-7-6-10-11(13)4-3-5-12(10)16/h3-5,9,13H,6-8H2,1-2H3,(H,17,19). The summed E-state index contributed by atoms with van der Waals surface area (Å²) < 4.78 is 13.7.